The van der Waals surface area contributed by atoms with E-state index >= 15 is 0 Å². The Morgan fingerprint density at radius 2 is 1.77 bits per heavy atom. The zero-order valence-corrected chi connectivity index (χ0v) is 24.6. The third-order valence-electron chi connectivity index (χ3n) is 6.10. The number of aliphatic hydroxyl groups is 1. The number of ether oxygens (including phenoxy) is 2. The van der Waals surface area contributed by atoms with Gasteiger partial charge in [0.05, 0.1) is 17.0 Å². The van der Waals surface area contributed by atoms with Crippen molar-refractivity contribution in [1.82, 2.24) is 5.32 Å². The molecule has 0 radical (unpaired) electrons. The van der Waals surface area contributed by atoms with Crippen molar-refractivity contribution in [2.45, 2.75) is 80.9 Å². The molecule has 6 nitrogen and oxygen atoms in total. The fraction of sp³-hybridized carbons (Fsp3) is 0.387. The molecule has 0 aliphatic carbocycles. The lowest BCUT2D eigenvalue weighted by Crippen LogP contribution is -2.53. The van der Waals surface area contributed by atoms with Crippen molar-refractivity contribution in [2.75, 3.05) is 6.61 Å². The third kappa shape index (κ3) is 9.67. The van der Waals surface area contributed by atoms with Crippen LogP contribution in [0.3, 0.4) is 0 Å². The molecule has 3 N–H and O–H groups in total. The number of carbonyl (C=O) groups is 1. The quantitative estimate of drug-likeness (QED) is 0.206. The van der Waals surface area contributed by atoms with Gasteiger partial charge in [0.1, 0.15) is 23.7 Å². The maximum absolute atomic E-state index is 12.5. The fourth-order valence-corrected chi connectivity index (χ4v) is 5.40. The van der Waals surface area contributed by atoms with Crippen LogP contribution in [0.4, 0.5) is 4.79 Å². The van der Waals surface area contributed by atoms with Crippen molar-refractivity contribution in [3.05, 3.63) is 82.9 Å². The van der Waals surface area contributed by atoms with Gasteiger partial charge in [0.25, 0.3) is 0 Å². The van der Waals surface area contributed by atoms with Gasteiger partial charge in [-0.15, -0.1) is 0 Å². The van der Waals surface area contributed by atoms with Gasteiger partial charge < -0.3 is 25.0 Å². The third-order valence-corrected chi connectivity index (χ3v) is 7.49. The van der Waals surface area contributed by atoms with Gasteiger partial charge in [0, 0.05) is 9.92 Å². The smallest absolute Gasteiger partial charge is 0.408 e. The second kappa shape index (κ2) is 14.0. The van der Waals surface area contributed by atoms with Crippen LogP contribution in [0.25, 0.3) is 0 Å². The number of hydrogen-bond acceptors (Lipinski definition) is 6. The molecule has 1 unspecified atom stereocenters. The first-order valence-corrected chi connectivity index (χ1v) is 14.3. The molecule has 0 aliphatic heterocycles. The van der Waals surface area contributed by atoms with Gasteiger partial charge in [-0.1, -0.05) is 73.1 Å². The van der Waals surface area contributed by atoms with Crippen molar-refractivity contribution in [1.29, 1.82) is 0 Å². The number of phenolic OH excluding ortho intramolecular Hbond substituents is 1. The number of alkyl carbamates (subject to hydrolysis) is 1. The van der Waals surface area contributed by atoms with E-state index in [0.29, 0.717) is 41.5 Å². The minimum absolute atomic E-state index is 0.160. The van der Waals surface area contributed by atoms with E-state index in [-0.39, 0.29) is 12.4 Å². The van der Waals surface area contributed by atoms with Crippen LogP contribution in [0.1, 0.15) is 58.1 Å². The Hall–Kier alpha value is -2.87. The highest BCUT2D eigenvalue weighted by Crippen LogP contribution is 2.38. The molecule has 3 aromatic rings. The lowest BCUT2D eigenvalue weighted by atomic mass is 9.87. The van der Waals surface area contributed by atoms with Gasteiger partial charge in [-0.3, -0.25) is 0 Å². The number of amides is 1. The van der Waals surface area contributed by atoms with E-state index in [4.69, 9.17) is 21.1 Å². The van der Waals surface area contributed by atoms with Crippen LogP contribution in [0.15, 0.2) is 76.5 Å². The number of benzene rings is 3. The largest absolute Gasteiger partial charge is 0.507 e. The Kier molecular flexibility index (Phi) is 11.0. The Balaban J connectivity index is 1.67. The van der Waals surface area contributed by atoms with Crippen LogP contribution in [-0.2, 0) is 17.8 Å². The summed E-state index contributed by atoms with van der Waals surface area (Å²) in [5.41, 5.74) is 0.536. The van der Waals surface area contributed by atoms with Gasteiger partial charge in [-0.05, 0) is 81.5 Å². The second-order valence-corrected chi connectivity index (χ2v) is 12.1. The average molecular weight is 572 g/mol. The van der Waals surface area contributed by atoms with Crippen molar-refractivity contribution >= 4 is 29.5 Å². The Morgan fingerprint density at radius 1 is 1.03 bits per heavy atom. The number of nitrogens with one attached hydrogen (secondary N) is 1. The standard InChI is InChI=1S/C31H38ClNO5S/c1-5-16-31(21-34,33-29(36)38-30(2,3)4)17-15-23-11-13-25(19-26(23)32)39-28-18-24(12-14-27(28)35)37-20-22-9-7-6-8-10-22/h6-14,18-19,34-35H,5,15-17,20-21H2,1-4H3,(H,33,36). The number of aromatic hydroxyl groups is 1. The predicted octanol–water partition coefficient (Wildman–Crippen LogP) is 7.76. The fourth-order valence-electron chi connectivity index (χ4n) is 4.15. The summed E-state index contributed by atoms with van der Waals surface area (Å²) in [6, 6.07) is 20.8. The maximum Gasteiger partial charge on any atom is 0.408 e. The van der Waals surface area contributed by atoms with Gasteiger partial charge in [0.2, 0.25) is 0 Å². The van der Waals surface area contributed by atoms with Crippen LogP contribution in [0.5, 0.6) is 11.5 Å². The Morgan fingerprint density at radius 3 is 2.41 bits per heavy atom. The van der Waals surface area contributed by atoms with Crippen molar-refractivity contribution in [2.24, 2.45) is 0 Å². The van der Waals surface area contributed by atoms with E-state index in [9.17, 15) is 15.0 Å². The van der Waals surface area contributed by atoms with Gasteiger partial charge in [-0.2, -0.15) is 0 Å². The first kappa shape index (κ1) is 30.7. The number of carbonyl (C=O) groups excluding carboxylic acids is 1. The molecule has 8 heteroatoms. The molecule has 0 saturated heterocycles. The molecule has 3 rings (SSSR count). The lowest BCUT2D eigenvalue weighted by Gasteiger charge is -2.34. The maximum atomic E-state index is 12.5. The van der Waals surface area contributed by atoms with E-state index < -0.39 is 17.2 Å². The summed E-state index contributed by atoms with van der Waals surface area (Å²) < 4.78 is 11.3. The molecule has 210 valence electrons. The number of phenols is 1. The van der Waals surface area contributed by atoms with E-state index in [1.54, 1.807) is 32.9 Å². The van der Waals surface area contributed by atoms with Crippen molar-refractivity contribution in [3.8, 4) is 11.5 Å². The second-order valence-electron chi connectivity index (χ2n) is 10.6. The van der Waals surface area contributed by atoms with Crippen molar-refractivity contribution < 1.29 is 24.5 Å². The Labute approximate surface area is 240 Å². The minimum Gasteiger partial charge on any atom is -0.507 e. The lowest BCUT2D eigenvalue weighted by molar-refractivity contribution is 0.0373. The summed E-state index contributed by atoms with van der Waals surface area (Å²) in [6.45, 7) is 7.66. The van der Waals surface area contributed by atoms with Crippen LogP contribution in [0.2, 0.25) is 5.02 Å². The van der Waals surface area contributed by atoms with Gasteiger partial charge >= 0.3 is 6.09 Å². The summed E-state index contributed by atoms with van der Waals surface area (Å²) in [5.74, 6) is 0.823. The first-order valence-electron chi connectivity index (χ1n) is 13.1. The predicted molar refractivity (Wildman–Crippen MR) is 157 cm³/mol. The number of halogens is 1. The highest BCUT2D eigenvalue weighted by Gasteiger charge is 2.32. The normalized spacial score (nSPS) is 13.0. The van der Waals surface area contributed by atoms with Crippen molar-refractivity contribution in [3.63, 3.8) is 0 Å². The Bertz CT molecular complexity index is 1230. The average Bonchev–Trinajstić information content (AvgIpc) is 2.88. The first-order chi connectivity index (χ1) is 18.5. The van der Waals surface area contributed by atoms with Crippen LogP contribution in [-0.4, -0.2) is 34.1 Å². The van der Waals surface area contributed by atoms with E-state index in [1.807, 2.05) is 61.5 Å². The molecule has 0 fully saturated rings. The molecule has 1 atom stereocenters. The van der Waals surface area contributed by atoms with Gasteiger partial charge in [-0.25, -0.2) is 4.79 Å². The number of rotatable bonds is 12. The molecule has 0 saturated carbocycles. The molecule has 0 heterocycles. The van der Waals surface area contributed by atoms with E-state index in [2.05, 4.69) is 5.32 Å². The summed E-state index contributed by atoms with van der Waals surface area (Å²) in [7, 11) is 0. The monoisotopic (exact) mass is 571 g/mol. The molecule has 1 amide bonds. The van der Waals surface area contributed by atoms with E-state index in [1.165, 1.54) is 11.8 Å². The number of hydrogen-bond donors (Lipinski definition) is 3. The van der Waals surface area contributed by atoms with Gasteiger partial charge in [0.15, 0.2) is 0 Å². The molecule has 0 spiro atoms. The van der Waals surface area contributed by atoms with Crippen LogP contribution in [0, 0.1) is 0 Å². The highest BCUT2D eigenvalue weighted by atomic mass is 35.5. The van der Waals surface area contributed by atoms with Crippen LogP contribution < -0.4 is 10.1 Å². The SMILES string of the molecule is CCCC(CO)(CCc1ccc(Sc2cc(OCc3ccccc3)ccc2O)cc1Cl)NC(=O)OC(C)(C)C. The molecular weight excluding hydrogens is 534 g/mol. The number of aryl methyl sites for hydroxylation is 1. The molecule has 0 aliphatic rings. The molecule has 0 bridgehead atoms. The van der Waals surface area contributed by atoms with E-state index in [0.717, 1.165) is 22.4 Å². The summed E-state index contributed by atoms with van der Waals surface area (Å²) >= 11 is 8.05. The summed E-state index contributed by atoms with van der Waals surface area (Å²) in [4.78, 5) is 14.0. The minimum atomic E-state index is -0.806. The zero-order chi connectivity index (χ0) is 28.5. The zero-order valence-electron chi connectivity index (χ0n) is 23.0. The molecular formula is C31H38ClNO5S. The number of aliphatic hydroxyl groups excluding tert-OH is 1. The highest BCUT2D eigenvalue weighted by molar-refractivity contribution is 7.99. The molecule has 39 heavy (non-hydrogen) atoms. The molecule has 0 aromatic heterocycles. The topological polar surface area (TPSA) is 88.0 Å². The summed E-state index contributed by atoms with van der Waals surface area (Å²) in [6.07, 6.45) is 1.92. The summed E-state index contributed by atoms with van der Waals surface area (Å²) in [5, 5.41) is 24.1. The van der Waals surface area contributed by atoms with Crippen LogP contribution >= 0.6 is 23.4 Å². The molecule has 3 aromatic carbocycles.